The number of halogens is 2. The first-order valence-corrected chi connectivity index (χ1v) is 12.4. The molecule has 0 unspecified atom stereocenters. The number of nitrogens with zero attached hydrogens (tertiary/aromatic N) is 2. The largest absolute Gasteiger partial charge is 0.493 e. The number of hydrogen-bond donors (Lipinski definition) is 0. The monoisotopic (exact) mass is 508 g/mol. The molecule has 0 N–H and O–H groups in total. The van der Waals surface area contributed by atoms with Gasteiger partial charge >= 0.3 is 0 Å². The van der Waals surface area contributed by atoms with Gasteiger partial charge in [-0.25, -0.2) is 4.39 Å². The van der Waals surface area contributed by atoms with Crippen LogP contribution >= 0.6 is 11.6 Å². The molecule has 0 radical (unpaired) electrons. The molecule has 0 aliphatic carbocycles. The van der Waals surface area contributed by atoms with Crippen molar-refractivity contribution in [2.45, 2.75) is 25.8 Å². The molecule has 1 heterocycles. The van der Waals surface area contributed by atoms with Crippen LogP contribution in [-0.2, 0) is 11.3 Å². The number of hydrogen-bond acceptors (Lipinski definition) is 3. The van der Waals surface area contributed by atoms with Crippen LogP contribution in [0.1, 0.15) is 35.2 Å². The highest BCUT2D eigenvalue weighted by Gasteiger charge is 2.40. The van der Waals surface area contributed by atoms with Crippen molar-refractivity contribution < 1.29 is 18.7 Å². The molecule has 5 nitrogen and oxygen atoms in total. The second-order valence-electron chi connectivity index (χ2n) is 9.50. The molecule has 2 amide bonds. The van der Waals surface area contributed by atoms with E-state index in [4.69, 9.17) is 16.3 Å². The van der Waals surface area contributed by atoms with Crippen molar-refractivity contribution in [2.75, 3.05) is 26.7 Å². The predicted octanol–water partition coefficient (Wildman–Crippen LogP) is 5.83. The number of piperidine rings is 1. The van der Waals surface area contributed by atoms with Crippen LogP contribution in [-0.4, -0.2) is 48.4 Å². The molecule has 1 saturated heterocycles. The van der Waals surface area contributed by atoms with Gasteiger partial charge < -0.3 is 14.5 Å². The van der Waals surface area contributed by atoms with Crippen LogP contribution in [0, 0.1) is 11.2 Å². The number of rotatable bonds is 8. The van der Waals surface area contributed by atoms with Crippen LogP contribution in [0.3, 0.4) is 0 Å². The number of likely N-dealkylation sites (tertiary alicyclic amines) is 1. The average molecular weight is 509 g/mol. The second kappa shape index (κ2) is 11.6. The van der Waals surface area contributed by atoms with E-state index in [-0.39, 0.29) is 24.8 Å². The number of amides is 2. The average Bonchev–Trinajstić information content (AvgIpc) is 2.88. The zero-order valence-electron chi connectivity index (χ0n) is 20.3. The Hall–Kier alpha value is -3.38. The summed E-state index contributed by atoms with van der Waals surface area (Å²) in [6.45, 7) is 1.67. The highest BCUT2D eigenvalue weighted by Crippen LogP contribution is 2.36. The van der Waals surface area contributed by atoms with Gasteiger partial charge in [-0.3, -0.25) is 9.59 Å². The number of ether oxygens (including phenoxy) is 1. The first-order valence-electron chi connectivity index (χ1n) is 12.0. The molecular weight excluding hydrogens is 479 g/mol. The van der Waals surface area contributed by atoms with Crippen LogP contribution in [0.15, 0.2) is 78.9 Å². The van der Waals surface area contributed by atoms with Gasteiger partial charge in [-0.15, -0.1) is 0 Å². The summed E-state index contributed by atoms with van der Waals surface area (Å²) in [5.41, 5.74) is 0.770. The molecule has 1 fully saturated rings. The van der Waals surface area contributed by atoms with Gasteiger partial charge in [0.15, 0.2) is 0 Å². The second-order valence-corrected chi connectivity index (χ2v) is 9.93. The summed E-state index contributed by atoms with van der Waals surface area (Å²) in [5.74, 6) is -0.0564. The molecule has 3 aromatic carbocycles. The summed E-state index contributed by atoms with van der Waals surface area (Å²) in [7, 11) is 1.79. The Morgan fingerprint density at radius 3 is 2.53 bits per heavy atom. The number of carbonyl (C=O) groups excluding carboxylic acids is 2. The van der Waals surface area contributed by atoms with Crippen LogP contribution in [0.25, 0.3) is 0 Å². The van der Waals surface area contributed by atoms with E-state index in [0.717, 1.165) is 18.4 Å². The molecule has 1 aliphatic rings. The SMILES string of the molecule is CN(Cc1ccccc1)C(=O)C[C@@]1(COc2ccc(Cl)cc2)CCCN(C(=O)c2cccc(F)c2)C1. The Labute approximate surface area is 216 Å². The van der Waals surface area contributed by atoms with Crippen molar-refractivity contribution in [1.29, 1.82) is 0 Å². The summed E-state index contributed by atoms with van der Waals surface area (Å²) in [5, 5.41) is 0.610. The van der Waals surface area contributed by atoms with Crippen molar-refractivity contribution in [3.05, 3.63) is 101 Å². The van der Waals surface area contributed by atoms with Crippen molar-refractivity contribution in [2.24, 2.45) is 5.41 Å². The minimum atomic E-state index is -0.580. The molecule has 4 rings (SSSR count). The van der Waals surface area contributed by atoms with E-state index in [1.807, 2.05) is 30.3 Å². The normalized spacial score (nSPS) is 17.5. The quantitative estimate of drug-likeness (QED) is 0.384. The van der Waals surface area contributed by atoms with Crippen molar-refractivity contribution in [3.63, 3.8) is 0 Å². The zero-order chi connectivity index (χ0) is 25.5. The third-order valence-electron chi connectivity index (χ3n) is 6.59. The fourth-order valence-corrected chi connectivity index (χ4v) is 4.79. The summed E-state index contributed by atoms with van der Waals surface area (Å²) < 4.78 is 19.9. The van der Waals surface area contributed by atoms with E-state index < -0.39 is 11.2 Å². The smallest absolute Gasteiger partial charge is 0.253 e. The Kier molecular flexibility index (Phi) is 8.26. The summed E-state index contributed by atoms with van der Waals surface area (Å²) in [4.78, 5) is 30.0. The van der Waals surface area contributed by atoms with Gasteiger partial charge in [0.25, 0.3) is 5.91 Å². The molecular formula is C29H30ClFN2O3. The Morgan fingerprint density at radius 1 is 1.06 bits per heavy atom. The molecule has 188 valence electrons. The maximum Gasteiger partial charge on any atom is 0.253 e. The molecule has 0 aromatic heterocycles. The summed E-state index contributed by atoms with van der Waals surface area (Å²) >= 11 is 6.00. The Balaban J connectivity index is 1.53. The molecule has 0 saturated carbocycles. The number of benzene rings is 3. The van der Waals surface area contributed by atoms with Gasteiger partial charge in [0.1, 0.15) is 11.6 Å². The first-order chi connectivity index (χ1) is 17.3. The van der Waals surface area contributed by atoms with E-state index in [9.17, 15) is 14.0 Å². The molecule has 1 atom stereocenters. The van der Waals surface area contributed by atoms with Crippen LogP contribution in [0.2, 0.25) is 5.02 Å². The zero-order valence-corrected chi connectivity index (χ0v) is 21.1. The topological polar surface area (TPSA) is 49.9 Å². The van der Waals surface area contributed by atoms with Crippen molar-refractivity contribution in [1.82, 2.24) is 9.80 Å². The minimum absolute atomic E-state index is 0.0152. The van der Waals surface area contributed by atoms with Gasteiger partial charge in [-0.1, -0.05) is 48.0 Å². The fraction of sp³-hybridized carbons (Fsp3) is 0.310. The maximum absolute atomic E-state index is 13.8. The lowest BCUT2D eigenvalue weighted by Crippen LogP contribution is -2.50. The fourth-order valence-electron chi connectivity index (χ4n) is 4.67. The molecule has 0 spiro atoms. The third-order valence-corrected chi connectivity index (χ3v) is 6.85. The highest BCUT2D eigenvalue weighted by atomic mass is 35.5. The summed E-state index contributed by atoms with van der Waals surface area (Å²) in [6.07, 6.45) is 1.69. The molecule has 7 heteroatoms. The number of carbonyl (C=O) groups is 2. The highest BCUT2D eigenvalue weighted by molar-refractivity contribution is 6.30. The van der Waals surface area contributed by atoms with Gasteiger partial charge in [-0.05, 0) is 60.9 Å². The van der Waals surface area contributed by atoms with Gasteiger partial charge in [0.2, 0.25) is 5.91 Å². The molecule has 36 heavy (non-hydrogen) atoms. The maximum atomic E-state index is 13.8. The van der Waals surface area contributed by atoms with Gasteiger partial charge in [0, 0.05) is 49.1 Å². The van der Waals surface area contributed by atoms with E-state index in [1.165, 1.54) is 18.2 Å². The lowest BCUT2D eigenvalue weighted by atomic mass is 9.77. The van der Waals surface area contributed by atoms with Crippen molar-refractivity contribution in [3.8, 4) is 5.75 Å². The lowest BCUT2D eigenvalue weighted by Gasteiger charge is -2.43. The van der Waals surface area contributed by atoms with E-state index in [1.54, 1.807) is 47.2 Å². The van der Waals surface area contributed by atoms with E-state index in [2.05, 4.69) is 0 Å². The Bertz CT molecular complexity index is 1190. The lowest BCUT2D eigenvalue weighted by molar-refractivity contribution is -0.134. The minimum Gasteiger partial charge on any atom is -0.493 e. The first kappa shape index (κ1) is 25.7. The third kappa shape index (κ3) is 6.64. The summed E-state index contributed by atoms with van der Waals surface area (Å²) in [6, 6.07) is 22.6. The van der Waals surface area contributed by atoms with Crippen molar-refractivity contribution >= 4 is 23.4 Å². The van der Waals surface area contributed by atoms with Gasteiger partial charge in [0.05, 0.1) is 6.61 Å². The van der Waals surface area contributed by atoms with Crippen LogP contribution in [0.4, 0.5) is 4.39 Å². The predicted molar refractivity (Wildman–Crippen MR) is 138 cm³/mol. The van der Waals surface area contributed by atoms with E-state index in [0.29, 0.717) is 36.0 Å². The van der Waals surface area contributed by atoms with E-state index >= 15 is 0 Å². The Morgan fingerprint density at radius 2 is 1.81 bits per heavy atom. The molecule has 0 bridgehead atoms. The molecule has 1 aliphatic heterocycles. The van der Waals surface area contributed by atoms with Gasteiger partial charge in [-0.2, -0.15) is 0 Å². The molecule has 3 aromatic rings. The van der Waals surface area contributed by atoms with Crippen LogP contribution in [0.5, 0.6) is 5.75 Å². The van der Waals surface area contributed by atoms with Crippen LogP contribution < -0.4 is 4.74 Å². The standard InChI is InChI=1S/C29H30ClFN2O3/c1-32(19-22-7-3-2-4-8-22)27(34)18-29(21-36-26-13-11-24(30)12-14-26)15-6-16-33(20-29)28(35)23-9-5-10-25(31)17-23/h2-5,7-14,17H,6,15-16,18-21H2,1H3/t29-/m0/s1.